The van der Waals surface area contributed by atoms with Gasteiger partial charge >= 0.3 is 0 Å². The van der Waals surface area contributed by atoms with E-state index < -0.39 is 15.8 Å². The van der Waals surface area contributed by atoms with Crippen LogP contribution in [-0.4, -0.2) is 52.5 Å². The van der Waals surface area contributed by atoms with E-state index in [9.17, 15) is 17.6 Å². The van der Waals surface area contributed by atoms with Crippen LogP contribution < -0.4 is 14.4 Å². The number of halogens is 1. The fraction of sp³-hybridized carbons (Fsp3) is 0.208. The number of methoxy groups -OCH3 is 1. The minimum atomic E-state index is -3.98. The van der Waals surface area contributed by atoms with Crippen LogP contribution in [0.2, 0.25) is 0 Å². The molecule has 0 aromatic heterocycles. The van der Waals surface area contributed by atoms with Gasteiger partial charge in [-0.2, -0.15) is 0 Å². The summed E-state index contributed by atoms with van der Waals surface area (Å²) in [5.41, 5.74) is 1.69. The molecule has 0 unspecified atom stereocenters. The molecule has 0 radical (unpaired) electrons. The number of anilines is 2. The van der Waals surface area contributed by atoms with E-state index in [-0.39, 0.29) is 16.5 Å². The van der Waals surface area contributed by atoms with Gasteiger partial charge in [-0.15, -0.1) is 0 Å². The predicted molar refractivity (Wildman–Crippen MR) is 125 cm³/mol. The summed E-state index contributed by atoms with van der Waals surface area (Å²) in [5, 5.41) is 0. The monoisotopic (exact) mass is 469 g/mol. The molecule has 0 atom stereocenters. The lowest BCUT2D eigenvalue weighted by molar-refractivity contribution is 0.0747. The maximum absolute atomic E-state index is 13.4. The van der Waals surface area contributed by atoms with Crippen LogP contribution in [0.4, 0.5) is 15.8 Å². The zero-order valence-electron chi connectivity index (χ0n) is 18.1. The number of nitrogens with one attached hydrogen (secondary N) is 1. The molecule has 3 aromatic rings. The highest BCUT2D eigenvalue weighted by molar-refractivity contribution is 7.92. The topological polar surface area (TPSA) is 79.0 Å². The number of rotatable bonds is 6. The van der Waals surface area contributed by atoms with E-state index in [0.29, 0.717) is 31.7 Å². The van der Waals surface area contributed by atoms with E-state index in [1.807, 2.05) is 24.3 Å². The van der Waals surface area contributed by atoms with Gasteiger partial charge in [0.1, 0.15) is 11.6 Å². The van der Waals surface area contributed by atoms with Gasteiger partial charge in [0.15, 0.2) is 0 Å². The van der Waals surface area contributed by atoms with Gasteiger partial charge in [-0.3, -0.25) is 9.52 Å². The Morgan fingerprint density at radius 3 is 2.30 bits per heavy atom. The number of carbonyl (C=O) groups excluding carboxylic acids is 1. The van der Waals surface area contributed by atoms with Crippen LogP contribution in [0.1, 0.15) is 10.4 Å². The highest BCUT2D eigenvalue weighted by Crippen LogP contribution is 2.22. The second kappa shape index (κ2) is 9.50. The van der Waals surface area contributed by atoms with E-state index in [4.69, 9.17) is 4.74 Å². The second-order valence-corrected chi connectivity index (χ2v) is 9.30. The number of hydrogen-bond acceptors (Lipinski definition) is 5. The molecule has 0 aliphatic carbocycles. The molecular weight excluding hydrogens is 445 g/mol. The number of benzene rings is 3. The number of amides is 1. The van der Waals surface area contributed by atoms with Crippen LogP contribution in [0.5, 0.6) is 5.75 Å². The molecule has 0 bridgehead atoms. The quantitative estimate of drug-likeness (QED) is 0.597. The summed E-state index contributed by atoms with van der Waals surface area (Å²) in [6, 6.07) is 18.9. The predicted octanol–water partition coefficient (Wildman–Crippen LogP) is 3.60. The van der Waals surface area contributed by atoms with Crippen molar-refractivity contribution >= 4 is 27.3 Å². The molecule has 0 spiro atoms. The molecule has 3 aromatic carbocycles. The third kappa shape index (κ3) is 5.25. The number of sulfonamides is 1. The number of nitrogens with zero attached hydrogens (tertiary/aromatic N) is 2. The first-order valence-electron chi connectivity index (χ1n) is 10.4. The highest BCUT2D eigenvalue weighted by atomic mass is 32.2. The highest BCUT2D eigenvalue weighted by Gasteiger charge is 2.23. The van der Waals surface area contributed by atoms with Crippen LogP contribution in [0, 0.1) is 5.82 Å². The van der Waals surface area contributed by atoms with Crippen LogP contribution in [-0.2, 0) is 10.0 Å². The largest absolute Gasteiger partial charge is 0.497 e. The summed E-state index contributed by atoms with van der Waals surface area (Å²) >= 11 is 0. The Morgan fingerprint density at radius 1 is 0.939 bits per heavy atom. The third-order valence-corrected chi connectivity index (χ3v) is 6.85. The minimum Gasteiger partial charge on any atom is -0.497 e. The SMILES string of the molecule is COc1ccc(N2CCN(C(=O)c3cccc(NS(=O)(=O)c4cccc(F)c4)c3)CC2)cc1. The molecule has 4 rings (SSSR count). The first-order chi connectivity index (χ1) is 15.9. The summed E-state index contributed by atoms with van der Waals surface area (Å²) in [6.07, 6.45) is 0. The average molecular weight is 470 g/mol. The second-order valence-electron chi connectivity index (χ2n) is 7.62. The average Bonchev–Trinajstić information content (AvgIpc) is 2.84. The number of piperazine rings is 1. The Labute approximate surface area is 192 Å². The van der Waals surface area contributed by atoms with Gasteiger partial charge in [-0.25, -0.2) is 12.8 Å². The van der Waals surface area contributed by atoms with Crippen molar-refractivity contribution in [2.75, 3.05) is 42.9 Å². The molecule has 1 fully saturated rings. The fourth-order valence-electron chi connectivity index (χ4n) is 3.71. The fourth-order valence-corrected chi connectivity index (χ4v) is 4.79. The molecule has 1 heterocycles. The van der Waals surface area contributed by atoms with E-state index in [0.717, 1.165) is 17.5 Å². The van der Waals surface area contributed by atoms with E-state index in [2.05, 4.69) is 9.62 Å². The molecule has 1 N–H and O–H groups in total. The summed E-state index contributed by atoms with van der Waals surface area (Å²) in [5.74, 6) is -0.0211. The number of carbonyl (C=O) groups is 1. The van der Waals surface area contributed by atoms with Gasteiger partial charge in [0.2, 0.25) is 0 Å². The first kappa shape index (κ1) is 22.6. The van der Waals surface area contributed by atoms with Crippen molar-refractivity contribution in [3.8, 4) is 5.75 Å². The molecule has 1 aliphatic rings. The molecule has 0 saturated carbocycles. The van der Waals surface area contributed by atoms with E-state index in [1.165, 1.54) is 24.3 Å². The van der Waals surface area contributed by atoms with Gasteiger partial charge in [0.25, 0.3) is 15.9 Å². The van der Waals surface area contributed by atoms with Gasteiger partial charge in [0.05, 0.1) is 12.0 Å². The molecule has 33 heavy (non-hydrogen) atoms. The molecule has 1 aliphatic heterocycles. The smallest absolute Gasteiger partial charge is 0.261 e. The van der Waals surface area contributed by atoms with E-state index in [1.54, 1.807) is 30.2 Å². The van der Waals surface area contributed by atoms with Crippen molar-refractivity contribution in [3.05, 3.63) is 84.2 Å². The lowest BCUT2D eigenvalue weighted by atomic mass is 10.1. The van der Waals surface area contributed by atoms with Crippen LogP contribution in [0.3, 0.4) is 0 Å². The van der Waals surface area contributed by atoms with Gasteiger partial charge in [0, 0.05) is 43.1 Å². The lowest BCUT2D eigenvalue weighted by Crippen LogP contribution is -2.48. The first-order valence-corrected chi connectivity index (χ1v) is 11.9. The number of hydrogen-bond donors (Lipinski definition) is 1. The zero-order valence-corrected chi connectivity index (χ0v) is 18.9. The summed E-state index contributed by atoms with van der Waals surface area (Å²) in [4.78, 5) is 16.8. The van der Waals surface area contributed by atoms with Crippen LogP contribution >= 0.6 is 0 Å². The van der Waals surface area contributed by atoms with Gasteiger partial charge in [-0.05, 0) is 60.7 Å². The summed E-state index contributed by atoms with van der Waals surface area (Å²) in [7, 11) is -2.35. The summed E-state index contributed by atoms with van der Waals surface area (Å²) < 4.78 is 46.2. The molecular formula is C24H24FN3O4S. The van der Waals surface area contributed by atoms with Crippen molar-refractivity contribution in [1.29, 1.82) is 0 Å². The van der Waals surface area contributed by atoms with Crippen LogP contribution in [0.25, 0.3) is 0 Å². The van der Waals surface area contributed by atoms with Gasteiger partial charge < -0.3 is 14.5 Å². The molecule has 1 saturated heterocycles. The van der Waals surface area contributed by atoms with Crippen molar-refractivity contribution in [1.82, 2.24) is 4.90 Å². The van der Waals surface area contributed by atoms with Crippen LogP contribution in [0.15, 0.2) is 77.7 Å². The van der Waals surface area contributed by atoms with Crippen molar-refractivity contribution in [2.45, 2.75) is 4.90 Å². The Balaban J connectivity index is 1.41. The molecule has 172 valence electrons. The van der Waals surface area contributed by atoms with Gasteiger partial charge in [-0.1, -0.05) is 12.1 Å². The normalized spacial score (nSPS) is 14.1. The lowest BCUT2D eigenvalue weighted by Gasteiger charge is -2.36. The summed E-state index contributed by atoms with van der Waals surface area (Å²) in [6.45, 7) is 2.46. The van der Waals surface area contributed by atoms with Crippen molar-refractivity contribution in [2.24, 2.45) is 0 Å². The van der Waals surface area contributed by atoms with E-state index >= 15 is 0 Å². The molecule has 1 amide bonds. The maximum atomic E-state index is 13.4. The van der Waals surface area contributed by atoms with Crippen molar-refractivity contribution in [3.63, 3.8) is 0 Å². The Kier molecular flexibility index (Phi) is 6.50. The standard InChI is InChI=1S/C24H24FN3O4S/c1-32-22-10-8-21(9-11-22)27-12-14-28(15-13-27)24(29)18-4-2-6-20(16-18)26-33(30,31)23-7-3-5-19(25)17-23/h2-11,16-17,26H,12-15H2,1H3. The number of ether oxygens (including phenoxy) is 1. The Hall–Kier alpha value is -3.59. The molecule has 9 heteroatoms. The Bertz CT molecular complexity index is 1240. The zero-order chi connectivity index (χ0) is 23.4. The Morgan fingerprint density at radius 2 is 1.64 bits per heavy atom. The van der Waals surface area contributed by atoms with Crippen molar-refractivity contribution < 1.29 is 22.3 Å². The molecule has 7 nitrogen and oxygen atoms in total. The third-order valence-electron chi connectivity index (χ3n) is 5.47. The minimum absolute atomic E-state index is 0.170. The maximum Gasteiger partial charge on any atom is 0.261 e.